The van der Waals surface area contributed by atoms with E-state index < -0.39 is 0 Å². The molecule has 4 aromatic carbocycles. The van der Waals surface area contributed by atoms with Crippen molar-refractivity contribution < 1.29 is 0 Å². The molecule has 4 aromatic rings. The predicted molar refractivity (Wildman–Crippen MR) is 180 cm³/mol. The van der Waals surface area contributed by atoms with Crippen LogP contribution in [0.2, 0.25) is 0 Å². The van der Waals surface area contributed by atoms with Gasteiger partial charge in [-0.25, -0.2) is 0 Å². The number of benzene rings is 4. The first-order chi connectivity index (χ1) is 19.3. The molecule has 0 fully saturated rings. The fourth-order valence-corrected chi connectivity index (χ4v) is 6.76. The molecule has 0 bridgehead atoms. The van der Waals surface area contributed by atoms with Crippen LogP contribution in [0.1, 0.15) is 127 Å². The lowest BCUT2D eigenvalue weighted by Gasteiger charge is -2.28. The van der Waals surface area contributed by atoms with E-state index >= 15 is 0 Å². The van der Waals surface area contributed by atoms with Crippen LogP contribution in [0.5, 0.6) is 0 Å². The van der Waals surface area contributed by atoms with Crippen molar-refractivity contribution in [3.05, 3.63) is 106 Å². The van der Waals surface area contributed by atoms with Crippen molar-refractivity contribution in [2.24, 2.45) is 0 Å². The third-order valence-electron chi connectivity index (χ3n) is 9.56. The molecule has 5 rings (SSSR count). The first-order valence-corrected chi connectivity index (χ1v) is 15.9. The summed E-state index contributed by atoms with van der Waals surface area (Å²) in [5.74, 6) is 1.07. The molecule has 1 aliphatic carbocycles. The molecule has 0 heterocycles. The lowest BCUT2D eigenvalue weighted by Crippen LogP contribution is -2.14. The molecule has 41 heavy (non-hydrogen) atoms. The fourth-order valence-electron chi connectivity index (χ4n) is 6.76. The molecule has 0 spiro atoms. The van der Waals surface area contributed by atoms with Gasteiger partial charge in [0.2, 0.25) is 0 Å². The van der Waals surface area contributed by atoms with Crippen LogP contribution in [0.4, 0.5) is 0 Å². The molecule has 0 nitrogen and oxygen atoms in total. The van der Waals surface area contributed by atoms with Gasteiger partial charge in [0.25, 0.3) is 0 Å². The van der Waals surface area contributed by atoms with Gasteiger partial charge in [-0.05, 0) is 133 Å². The van der Waals surface area contributed by atoms with Gasteiger partial charge in [0.1, 0.15) is 0 Å². The topological polar surface area (TPSA) is 0 Å². The van der Waals surface area contributed by atoms with Crippen LogP contribution >= 0.6 is 0 Å². The van der Waals surface area contributed by atoms with Gasteiger partial charge < -0.3 is 0 Å². The number of hydrogen-bond donors (Lipinski definition) is 0. The normalized spacial score (nSPS) is 14.5. The first-order valence-electron chi connectivity index (χ1n) is 15.9. The van der Waals surface area contributed by atoms with Crippen molar-refractivity contribution in [2.45, 2.75) is 111 Å². The molecule has 214 valence electrons. The molecule has 2 atom stereocenters. The Kier molecular flexibility index (Phi) is 7.84. The van der Waals surface area contributed by atoms with Crippen molar-refractivity contribution in [1.29, 1.82) is 0 Å². The minimum absolute atomic E-state index is 0.0394. The average molecular weight is 543 g/mol. The van der Waals surface area contributed by atoms with E-state index in [2.05, 4.69) is 142 Å². The molecular formula is C41H50. The monoisotopic (exact) mass is 542 g/mol. The van der Waals surface area contributed by atoms with Crippen molar-refractivity contribution in [2.75, 3.05) is 0 Å². The summed E-state index contributed by atoms with van der Waals surface area (Å²) in [6.07, 6.45) is 3.29. The maximum Gasteiger partial charge on any atom is -0.00130 e. The van der Waals surface area contributed by atoms with Crippen LogP contribution in [-0.4, -0.2) is 0 Å². The van der Waals surface area contributed by atoms with Crippen LogP contribution in [0.3, 0.4) is 0 Å². The van der Waals surface area contributed by atoms with Crippen molar-refractivity contribution in [3.8, 4) is 33.4 Å². The van der Waals surface area contributed by atoms with Crippen LogP contribution in [0.15, 0.2) is 72.8 Å². The van der Waals surface area contributed by atoms with Gasteiger partial charge in [-0.3, -0.25) is 0 Å². The summed E-state index contributed by atoms with van der Waals surface area (Å²) in [7, 11) is 0. The van der Waals surface area contributed by atoms with Crippen molar-refractivity contribution >= 4 is 0 Å². The van der Waals surface area contributed by atoms with E-state index in [1.54, 1.807) is 0 Å². The van der Waals surface area contributed by atoms with Crippen LogP contribution in [0, 0.1) is 0 Å². The Balaban J connectivity index is 1.75. The van der Waals surface area contributed by atoms with Gasteiger partial charge in [0.05, 0.1) is 0 Å². The smallest absolute Gasteiger partial charge is 0.00130 e. The Morgan fingerprint density at radius 2 is 0.878 bits per heavy atom. The molecule has 0 N–H and O–H groups in total. The van der Waals surface area contributed by atoms with Gasteiger partial charge in [-0.2, -0.15) is 0 Å². The minimum Gasteiger partial charge on any atom is -0.0648 e. The second kappa shape index (κ2) is 10.9. The summed E-state index contributed by atoms with van der Waals surface area (Å²) in [4.78, 5) is 0. The van der Waals surface area contributed by atoms with Crippen molar-refractivity contribution in [1.82, 2.24) is 0 Å². The summed E-state index contributed by atoms with van der Waals surface area (Å²) < 4.78 is 0. The van der Waals surface area contributed by atoms with E-state index in [4.69, 9.17) is 0 Å². The summed E-state index contributed by atoms with van der Waals surface area (Å²) in [6.45, 7) is 23.6. The Morgan fingerprint density at radius 3 is 1.22 bits per heavy atom. The highest BCUT2D eigenvalue weighted by Gasteiger charge is 2.30. The number of fused-ring (bicyclic) bond motifs is 3. The zero-order valence-electron chi connectivity index (χ0n) is 27.2. The van der Waals surface area contributed by atoms with E-state index in [1.807, 2.05) is 0 Å². The van der Waals surface area contributed by atoms with Gasteiger partial charge >= 0.3 is 0 Å². The molecule has 0 amide bonds. The molecule has 0 saturated heterocycles. The first kappa shape index (κ1) is 29.4. The minimum atomic E-state index is 0.0394. The van der Waals surface area contributed by atoms with Crippen LogP contribution < -0.4 is 0 Å². The third-order valence-corrected chi connectivity index (χ3v) is 9.56. The third kappa shape index (κ3) is 5.43. The summed E-state index contributed by atoms with van der Waals surface area (Å²) in [5, 5.41) is 0. The van der Waals surface area contributed by atoms with E-state index in [0.717, 1.165) is 19.3 Å². The zero-order chi connectivity index (χ0) is 29.7. The molecule has 0 aromatic heterocycles. The second-order valence-electron chi connectivity index (χ2n) is 14.6. The summed E-state index contributed by atoms with van der Waals surface area (Å²) >= 11 is 0. The average Bonchev–Trinajstić information content (AvgIpc) is 3.30. The highest BCUT2D eigenvalue weighted by molar-refractivity contribution is 5.87. The molecule has 0 saturated carbocycles. The highest BCUT2D eigenvalue weighted by Crippen LogP contribution is 2.48. The Bertz CT molecular complexity index is 1450. The van der Waals surface area contributed by atoms with E-state index in [9.17, 15) is 0 Å². The quantitative estimate of drug-likeness (QED) is 0.200. The van der Waals surface area contributed by atoms with Gasteiger partial charge in [-0.1, -0.05) is 118 Å². The van der Waals surface area contributed by atoms with Gasteiger partial charge in [0.15, 0.2) is 0 Å². The fraction of sp³-hybridized carbons (Fsp3) is 0.415. The Hall–Kier alpha value is -3.12. The SMILES string of the molecule is CCC(C)c1ccccc1-c1cc2c(cc1C(C)(C)C)-c1cc(C(C)(C)C)c(-c3ccccc3C(C)CC)cc1C2. The molecule has 2 unspecified atom stereocenters. The van der Waals surface area contributed by atoms with Crippen LogP contribution in [-0.2, 0) is 17.3 Å². The molecule has 0 heteroatoms. The standard InChI is InChI=1S/C41H50/c1-11-26(3)30-17-13-15-19-32(30)36-22-28-21-29-23-37(33-20-16-14-18-31(33)27(4)12-2)39(41(8,9)10)25-35(29)34(28)24-38(36)40(5,6)7/h13-20,22-27H,11-12,21H2,1-10H3. The van der Waals surface area contributed by atoms with E-state index in [0.29, 0.717) is 11.8 Å². The predicted octanol–water partition coefficient (Wildman–Crippen LogP) is 12.2. The Morgan fingerprint density at radius 1 is 0.512 bits per heavy atom. The zero-order valence-corrected chi connectivity index (χ0v) is 27.2. The van der Waals surface area contributed by atoms with E-state index in [1.165, 1.54) is 66.8 Å². The Labute approximate surface area is 250 Å². The summed E-state index contributed by atoms with van der Waals surface area (Å²) in [6, 6.07) is 28.4. The van der Waals surface area contributed by atoms with Gasteiger partial charge in [0, 0.05) is 0 Å². The summed E-state index contributed by atoms with van der Waals surface area (Å²) in [5.41, 5.74) is 17.4. The number of rotatable bonds is 6. The molecule has 1 aliphatic rings. The largest absolute Gasteiger partial charge is 0.0648 e. The maximum absolute atomic E-state index is 2.54. The second-order valence-corrected chi connectivity index (χ2v) is 14.6. The number of hydrogen-bond acceptors (Lipinski definition) is 0. The lowest BCUT2D eigenvalue weighted by atomic mass is 9.76. The maximum atomic E-state index is 2.54. The highest BCUT2D eigenvalue weighted by atomic mass is 14.3. The lowest BCUT2D eigenvalue weighted by molar-refractivity contribution is 0.591. The molecule has 0 radical (unpaired) electrons. The van der Waals surface area contributed by atoms with E-state index in [-0.39, 0.29) is 10.8 Å². The molecular weight excluding hydrogens is 492 g/mol. The van der Waals surface area contributed by atoms with Crippen LogP contribution in [0.25, 0.3) is 33.4 Å². The molecule has 0 aliphatic heterocycles. The van der Waals surface area contributed by atoms with Gasteiger partial charge in [-0.15, -0.1) is 0 Å². The van der Waals surface area contributed by atoms with Crippen molar-refractivity contribution in [3.63, 3.8) is 0 Å².